The quantitative estimate of drug-likeness (QED) is 0.886. The summed E-state index contributed by atoms with van der Waals surface area (Å²) in [6.07, 6.45) is 3.74. The van der Waals surface area contributed by atoms with Crippen molar-refractivity contribution in [3.05, 3.63) is 40.9 Å². The summed E-state index contributed by atoms with van der Waals surface area (Å²) in [4.78, 5) is 4.35. The van der Waals surface area contributed by atoms with Gasteiger partial charge in [0.2, 0.25) is 0 Å². The first kappa shape index (κ1) is 11.9. The number of rotatable bonds is 3. The van der Waals surface area contributed by atoms with Gasteiger partial charge in [-0.3, -0.25) is 0 Å². The molecule has 1 unspecified atom stereocenters. The lowest BCUT2D eigenvalue weighted by molar-refractivity contribution is 0.497. The monoisotopic (exact) mass is 233 g/mol. The minimum atomic E-state index is -0.220. The second-order valence-corrected chi connectivity index (χ2v) is 4.30. The van der Waals surface area contributed by atoms with Crippen LogP contribution in [0.5, 0.6) is 0 Å². The maximum absolute atomic E-state index is 6.31. The van der Waals surface area contributed by atoms with E-state index in [0.29, 0.717) is 0 Å². The minimum absolute atomic E-state index is 0.220. The molecular weight excluding hydrogens is 214 g/mol. The van der Waals surface area contributed by atoms with Crippen LogP contribution in [0, 0.1) is 20.8 Å². The van der Waals surface area contributed by atoms with Crippen LogP contribution in [0.1, 0.15) is 41.4 Å². The summed E-state index contributed by atoms with van der Waals surface area (Å²) < 4.78 is 7.68. The van der Waals surface area contributed by atoms with E-state index in [1.165, 1.54) is 0 Å². The molecule has 1 atom stereocenters. The van der Waals surface area contributed by atoms with Gasteiger partial charge in [-0.25, -0.2) is 4.98 Å². The topological polar surface area (TPSA) is 57.0 Å². The Kier molecular flexibility index (Phi) is 3.07. The molecule has 0 saturated carbocycles. The number of hydrogen-bond donors (Lipinski definition) is 1. The summed E-state index contributed by atoms with van der Waals surface area (Å²) in [5, 5.41) is 0. The molecule has 17 heavy (non-hydrogen) atoms. The van der Waals surface area contributed by atoms with Crippen LogP contribution < -0.4 is 5.73 Å². The van der Waals surface area contributed by atoms with Gasteiger partial charge in [0.1, 0.15) is 17.3 Å². The van der Waals surface area contributed by atoms with Crippen molar-refractivity contribution in [3.63, 3.8) is 0 Å². The second kappa shape index (κ2) is 4.37. The van der Waals surface area contributed by atoms with Gasteiger partial charge in [-0.1, -0.05) is 0 Å². The van der Waals surface area contributed by atoms with Crippen molar-refractivity contribution < 1.29 is 4.42 Å². The second-order valence-electron chi connectivity index (χ2n) is 4.30. The van der Waals surface area contributed by atoms with Crippen LogP contribution in [0.4, 0.5) is 0 Å². The highest BCUT2D eigenvalue weighted by molar-refractivity contribution is 5.37. The zero-order valence-corrected chi connectivity index (χ0v) is 10.8. The Morgan fingerprint density at radius 2 is 2.06 bits per heavy atom. The summed E-state index contributed by atoms with van der Waals surface area (Å²) >= 11 is 0. The molecule has 4 nitrogen and oxygen atoms in total. The zero-order chi connectivity index (χ0) is 12.6. The first-order valence-electron chi connectivity index (χ1n) is 5.89. The number of aromatic nitrogens is 2. The standard InChI is InChI=1S/C13H19N3O/c1-5-16-7-6-15-13(16)12(14)11-8(2)9(3)17-10(11)4/h6-7,12H,5,14H2,1-4H3. The Labute approximate surface area is 101 Å². The summed E-state index contributed by atoms with van der Waals surface area (Å²) in [5.74, 6) is 2.71. The largest absolute Gasteiger partial charge is 0.466 e. The van der Waals surface area contributed by atoms with Crippen molar-refractivity contribution in [1.82, 2.24) is 9.55 Å². The molecule has 2 aromatic rings. The molecule has 4 heteroatoms. The van der Waals surface area contributed by atoms with E-state index in [2.05, 4.69) is 16.5 Å². The maximum Gasteiger partial charge on any atom is 0.130 e. The van der Waals surface area contributed by atoms with Gasteiger partial charge in [-0.2, -0.15) is 0 Å². The fourth-order valence-electron chi connectivity index (χ4n) is 2.26. The number of nitrogens with two attached hydrogens (primary N) is 1. The molecule has 0 spiro atoms. The molecule has 0 bridgehead atoms. The molecule has 2 aromatic heterocycles. The van der Waals surface area contributed by atoms with Crippen molar-refractivity contribution in [1.29, 1.82) is 0 Å². The number of aryl methyl sites for hydroxylation is 3. The SMILES string of the molecule is CCn1ccnc1C(N)c1c(C)oc(C)c1C. The predicted octanol–water partition coefficient (Wildman–Crippen LogP) is 2.47. The smallest absolute Gasteiger partial charge is 0.130 e. The Morgan fingerprint density at radius 3 is 2.59 bits per heavy atom. The lowest BCUT2D eigenvalue weighted by Crippen LogP contribution is -2.18. The lowest BCUT2D eigenvalue weighted by atomic mass is 10.0. The number of hydrogen-bond acceptors (Lipinski definition) is 3. The Balaban J connectivity index is 2.47. The molecule has 0 aliphatic rings. The van der Waals surface area contributed by atoms with Crippen molar-refractivity contribution in [2.24, 2.45) is 5.73 Å². The number of imidazole rings is 1. The van der Waals surface area contributed by atoms with Gasteiger partial charge in [0.05, 0.1) is 6.04 Å². The third-order valence-electron chi connectivity index (χ3n) is 3.30. The fourth-order valence-corrected chi connectivity index (χ4v) is 2.26. The van der Waals surface area contributed by atoms with Crippen LogP contribution in [0.25, 0.3) is 0 Å². The normalized spacial score (nSPS) is 13.0. The first-order chi connectivity index (χ1) is 8.06. The van der Waals surface area contributed by atoms with Crippen LogP contribution in [-0.2, 0) is 6.54 Å². The Bertz CT molecular complexity index is 525. The van der Waals surface area contributed by atoms with Crippen LogP contribution in [-0.4, -0.2) is 9.55 Å². The van der Waals surface area contributed by atoms with Crippen LogP contribution in [0.15, 0.2) is 16.8 Å². The minimum Gasteiger partial charge on any atom is -0.466 e. The predicted molar refractivity (Wildman–Crippen MR) is 66.9 cm³/mol. The van der Waals surface area contributed by atoms with Gasteiger partial charge in [0.25, 0.3) is 0 Å². The van der Waals surface area contributed by atoms with Gasteiger partial charge < -0.3 is 14.7 Å². The summed E-state index contributed by atoms with van der Waals surface area (Å²) in [5.41, 5.74) is 8.49. The molecule has 2 N–H and O–H groups in total. The average molecular weight is 233 g/mol. The molecule has 0 aromatic carbocycles. The molecule has 0 amide bonds. The van der Waals surface area contributed by atoms with Crippen molar-refractivity contribution in [3.8, 4) is 0 Å². The van der Waals surface area contributed by atoms with Crippen LogP contribution >= 0.6 is 0 Å². The van der Waals surface area contributed by atoms with Gasteiger partial charge >= 0.3 is 0 Å². The van der Waals surface area contributed by atoms with E-state index in [0.717, 1.165) is 35.0 Å². The molecular formula is C13H19N3O. The van der Waals surface area contributed by atoms with E-state index < -0.39 is 0 Å². The highest BCUT2D eigenvalue weighted by atomic mass is 16.3. The fraction of sp³-hybridized carbons (Fsp3) is 0.462. The zero-order valence-electron chi connectivity index (χ0n) is 10.8. The maximum atomic E-state index is 6.31. The number of nitrogens with zero attached hydrogens (tertiary/aromatic N) is 2. The molecule has 2 heterocycles. The summed E-state index contributed by atoms with van der Waals surface area (Å²) in [6, 6.07) is -0.220. The van der Waals surface area contributed by atoms with E-state index in [1.807, 2.05) is 27.0 Å². The highest BCUT2D eigenvalue weighted by Gasteiger charge is 2.22. The molecule has 0 radical (unpaired) electrons. The molecule has 0 aliphatic heterocycles. The van der Waals surface area contributed by atoms with Crippen LogP contribution in [0.2, 0.25) is 0 Å². The van der Waals surface area contributed by atoms with Gasteiger partial charge in [-0.15, -0.1) is 0 Å². The number of furan rings is 1. The van der Waals surface area contributed by atoms with E-state index >= 15 is 0 Å². The third-order valence-corrected chi connectivity index (χ3v) is 3.30. The molecule has 2 rings (SSSR count). The average Bonchev–Trinajstić information content (AvgIpc) is 2.84. The van der Waals surface area contributed by atoms with Crippen molar-refractivity contribution in [2.75, 3.05) is 0 Å². The molecule has 0 fully saturated rings. The third kappa shape index (κ3) is 1.89. The Morgan fingerprint density at radius 1 is 1.35 bits per heavy atom. The molecule has 0 aliphatic carbocycles. The van der Waals surface area contributed by atoms with Gasteiger partial charge in [0.15, 0.2) is 0 Å². The summed E-state index contributed by atoms with van der Waals surface area (Å²) in [6.45, 7) is 8.91. The van der Waals surface area contributed by atoms with Crippen molar-refractivity contribution in [2.45, 2.75) is 40.3 Å². The van der Waals surface area contributed by atoms with E-state index in [1.54, 1.807) is 6.20 Å². The highest BCUT2D eigenvalue weighted by Crippen LogP contribution is 2.29. The van der Waals surface area contributed by atoms with Crippen molar-refractivity contribution >= 4 is 0 Å². The summed E-state index contributed by atoms with van der Waals surface area (Å²) in [7, 11) is 0. The molecule has 92 valence electrons. The van der Waals surface area contributed by atoms with E-state index in [9.17, 15) is 0 Å². The lowest BCUT2D eigenvalue weighted by Gasteiger charge is -2.13. The molecule has 0 saturated heterocycles. The van der Waals surface area contributed by atoms with Crippen LogP contribution in [0.3, 0.4) is 0 Å². The van der Waals surface area contributed by atoms with E-state index in [-0.39, 0.29) is 6.04 Å². The first-order valence-corrected chi connectivity index (χ1v) is 5.89. The van der Waals surface area contributed by atoms with Gasteiger partial charge in [-0.05, 0) is 33.3 Å². The Hall–Kier alpha value is -1.55. The van der Waals surface area contributed by atoms with E-state index in [4.69, 9.17) is 10.2 Å². The van der Waals surface area contributed by atoms with Gasteiger partial charge in [0, 0.05) is 24.5 Å².